The van der Waals surface area contributed by atoms with Crippen LogP contribution in [0.4, 0.5) is 0 Å². The lowest BCUT2D eigenvalue weighted by Gasteiger charge is -1.95. The van der Waals surface area contributed by atoms with Gasteiger partial charge in [-0.15, -0.1) is 6.58 Å². The van der Waals surface area contributed by atoms with E-state index in [9.17, 15) is 0 Å². The van der Waals surface area contributed by atoms with Gasteiger partial charge < -0.3 is 0 Å². The van der Waals surface area contributed by atoms with Crippen molar-refractivity contribution in [2.75, 3.05) is 0 Å². The number of rotatable bonds is 4. The van der Waals surface area contributed by atoms with Gasteiger partial charge in [-0.2, -0.15) is 0 Å². The molecule has 0 bridgehead atoms. The summed E-state index contributed by atoms with van der Waals surface area (Å²) in [6, 6.07) is 0. The number of hydrogen-bond acceptors (Lipinski definition) is 0. The van der Waals surface area contributed by atoms with Gasteiger partial charge in [0, 0.05) is 0 Å². The average Bonchev–Trinajstić information content (AvgIpc) is 1.79. The minimum absolute atomic E-state index is 1.11. The lowest BCUT2D eigenvalue weighted by atomic mass is 10.1. The highest BCUT2D eigenvalue weighted by atomic mass is 13.9. The van der Waals surface area contributed by atoms with Crippen molar-refractivity contribution in [3.63, 3.8) is 0 Å². The monoisotopic (exact) mass is 137 g/mol. The predicted molar refractivity (Wildman–Crippen MR) is 47.8 cm³/mol. The Morgan fingerprint density at radius 2 is 1.90 bits per heavy atom. The molecule has 0 rings (SSSR count). The summed E-state index contributed by atoms with van der Waals surface area (Å²) in [7, 11) is 0. The summed E-state index contributed by atoms with van der Waals surface area (Å²) in [6.07, 6.45) is 6.59. The molecule has 0 aromatic heterocycles. The first kappa shape index (κ1) is 9.48. The summed E-state index contributed by atoms with van der Waals surface area (Å²) in [5, 5.41) is 0. The van der Waals surface area contributed by atoms with Crippen LogP contribution in [0.2, 0.25) is 0 Å². The maximum absolute atomic E-state index is 3.83. The Labute approximate surface area is 64.6 Å². The molecule has 0 aliphatic heterocycles. The molecule has 0 N–H and O–H groups in total. The highest BCUT2D eigenvalue weighted by Gasteiger charge is 1.85. The van der Waals surface area contributed by atoms with E-state index in [1.807, 2.05) is 0 Å². The topological polar surface area (TPSA) is 0 Å². The van der Waals surface area contributed by atoms with Crippen molar-refractivity contribution >= 4 is 0 Å². The minimum Gasteiger partial charge on any atom is -0.100 e. The van der Waals surface area contributed by atoms with E-state index >= 15 is 0 Å². The van der Waals surface area contributed by atoms with Crippen molar-refractivity contribution < 1.29 is 0 Å². The Hall–Kier alpha value is -0.520. The normalized spacial score (nSPS) is 9.10. The van der Waals surface area contributed by atoms with E-state index in [2.05, 4.69) is 39.8 Å². The summed E-state index contributed by atoms with van der Waals surface area (Å²) in [6.45, 7) is 10.1. The molecule has 0 aromatic rings. The largest absolute Gasteiger partial charge is 0.100 e. The molecule has 10 heavy (non-hydrogen) atoms. The molecule has 0 spiro atoms. The predicted octanol–water partition coefficient (Wildman–Crippen LogP) is 3.51. The second-order valence-electron chi connectivity index (χ2n) is 2.98. The van der Waals surface area contributed by atoms with Crippen molar-refractivity contribution in [2.45, 2.75) is 33.6 Å². The van der Waals surface area contributed by atoms with Crippen molar-refractivity contribution in [1.82, 2.24) is 0 Å². The van der Waals surface area contributed by atoms with Crippen LogP contribution in [0.15, 0.2) is 23.8 Å². The smallest absolute Gasteiger partial charge is 0.0165 e. The van der Waals surface area contributed by atoms with Crippen LogP contribution in [0.1, 0.15) is 33.6 Å². The quantitative estimate of drug-likeness (QED) is 0.411. The first-order valence-corrected chi connectivity index (χ1v) is 3.74. The van der Waals surface area contributed by atoms with E-state index in [1.54, 1.807) is 0 Å². The Balaban J connectivity index is 3.21. The first-order chi connectivity index (χ1) is 4.63. The van der Waals surface area contributed by atoms with Gasteiger partial charge in [0.25, 0.3) is 0 Å². The first-order valence-electron chi connectivity index (χ1n) is 3.74. The van der Waals surface area contributed by atoms with Crippen LogP contribution in [-0.2, 0) is 0 Å². The third kappa shape index (κ3) is 7.48. The summed E-state index contributed by atoms with van der Waals surface area (Å²) in [5.41, 5.74) is 2.63. The summed E-state index contributed by atoms with van der Waals surface area (Å²) in [4.78, 5) is 0. The Morgan fingerprint density at radius 1 is 1.30 bits per heavy atom. The molecule has 0 aliphatic rings. The molecule has 0 fully saturated rings. The molecule has 0 saturated carbocycles. The van der Waals surface area contributed by atoms with Crippen LogP contribution >= 0.6 is 0 Å². The van der Waals surface area contributed by atoms with Gasteiger partial charge in [0.1, 0.15) is 0 Å². The molecular weight excluding hydrogens is 120 g/mol. The maximum Gasteiger partial charge on any atom is -0.0165 e. The number of unbranched alkanes of at least 4 members (excludes halogenated alkanes) is 1. The highest BCUT2D eigenvalue weighted by Crippen LogP contribution is 2.04. The molecule has 1 radical (unpaired) electrons. The fraction of sp³-hybridized carbons (Fsp3) is 0.500. The third-order valence-electron chi connectivity index (χ3n) is 1.19. The van der Waals surface area contributed by atoms with Gasteiger partial charge in [-0.25, -0.2) is 0 Å². The van der Waals surface area contributed by atoms with E-state index in [-0.39, 0.29) is 0 Å². The Kier molecular flexibility index (Phi) is 5.00. The van der Waals surface area contributed by atoms with E-state index < -0.39 is 0 Å². The zero-order chi connectivity index (χ0) is 7.98. The van der Waals surface area contributed by atoms with Crippen molar-refractivity contribution in [2.24, 2.45) is 0 Å². The van der Waals surface area contributed by atoms with Crippen LogP contribution < -0.4 is 0 Å². The van der Waals surface area contributed by atoms with Crippen LogP contribution in [0.25, 0.3) is 0 Å². The third-order valence-corrected chi connectivity index (χ3v) is 1.19. The molecule has 57 valence electrons. The van der Waals surface area contributed by atoms with E-state index in [4.69, 9.17) is 0 Å². The van der Waals surface area contributed by atoms with Crippen LogP contribution in [0, 0.1) is 6.42 Å². The minimum atomic E-state index is 1.11. The van der Waals surface area contributed by atoms with Gasteiger partial charge in [-0.05, 0) is 40.0 Å². The number of hydrogen-bond donors (Lipinski definition) is 0. The summed E-state index contributed by atoms with van der Waals surface area (Å²) >= 11 is 0. The second-order valence-corrected chi connectivity index (χ2v) is 2.98. The van der Waals surface area contributed by atoms with Crippen molar-refractivity contribution in [3.05, 3.63) is 30.2 Å². The number of allylic oxidation sites excluding steroid dienone is 3. The molecule has 0 aliphatic carbocycles. The lowest BCUT2D eigenvalue weighted by molar-refractivity contribution is 0.944. The standard InChI is InChI=1S/C10H17/c1-9(2)7-5-6-8-10(3)4/h6,8H,1,5,7H2,2-4H3. The Morgan fingerprint density at radius 3 is 2.30 bits per heavy atom. The van der Waals surface area contributed by atoms with Gasteiger partial charge in [-0.1, -0.05) is 17.2 Å². The fourth-order valence-electron chi connectivity index (χ4n) is 0.649. The molecule has 0 unspecified atom stereocenters. The molecule has 0 aromatic carbocycles. The van der Waals surface area contributed by atoms with Gasteiger partial charge in [0.2, 0.25) is 0 Å². The summed E-state index contributed by atoms with van der Waals surface area (Å²) < 4.78 is 0. The van der Waals surface area contributed by atoms with Crippen LogP contribution in [-0.4, -0.2) is 0 Å². The molecule has 0 amide bonds. The van der Waals surface area contributed by atoms with Gasteiger partial charge >= 0.3 is 0 Å². The molecule has 0 heteroatoms. The molecule has 0 atom stereocenters. The van der Waals surface area contributed by atoms with Crippen LogP contribution in [0.3, 0.4) is 0 Å². The average molecular weight is 137 g/mol. The lowest BCUT2D eigenvalue weighted by Crippen LogP contribution is -1.76. The van der Waals surface area contributed by atoms with Gasteiger partial charge in [0.05, 0.1) is 0 Å². The molecule has 0 heterocycles. The summed E-state index contributed by atoms with van der Waals surface area (Å²) in [5.74, 6) is 0. The van der Waals surface area contributed by atoms with Gasteiger partial charge in [-0.3, -0.25) is 0 Å². The Bertz CT molecular complexity index is 125. The SMILES string of the molecule is C=C(C)CC[CH]C=C(C)C. The zero-order valence-electron chi connectivity index (χ0n) is 7.28. The van der Waals surface area contributed by atoms with Crippen molar-refractivity contribution in [1.29, 1.82) is 0 Å². The second kappa shape index (κ2) is 5.28. The molecule has 0 nitrogen and oxygen atoms in total. The van der Waals surface area contributed by atoms with Crippen LogP contribution in [0.5, 0.6) is 0 Å². The molecular formula is C10H17. The zero-order valence-corrected chi connectivity index (χ0v) is 7.28. The van der Waals surface area contributed by atoms with E-state index in [0.717, 1.165) is 12.8 Å². The van der Waals surface area contributed by atoms with E-state index in [0.29, 0.717) is 0 Å². The maximum atomic E-state index is 3.83. The molecule has 0 saturated heterocycles. The fourth-order valence-corrected chi connectivity index (χ4v) is 0.649. The van der Waals surface area contributed by atoms with Crippen molar-refractivity contribution in [3.8, 4) is 0 Å². The highest BCUT2D eigenvalue weighted by molar-refractivity contribution is 5.03. The van der Waals surface area contributed by atoms with E-state index in [1.165, 1.54) is 11.1 Å². The van der Waals surface area contributed by atoms with Gasteiger partial charge in [0.15, 0.2) is 0 Å².